The molecule has 100 valence electrons. The SMILES string of the molecule is CC(c1cscn1)N1CCCN(CC(=O)O)CC1. The summed E-state index contributed by atoms with van der Waals surface area (Å²) in [6.07, 6.45) is 1.02. The predicted molar refractivity (Wildman–Crippen MR) is 70.8 cm³/mol. The second-order valence-electron chi connectivity index (χ2n) is 4.65. The first-order valence-corrected chi connectivity index (χ1v) is 7.17. The van der Waals surface area contributed by atoms with E-state index in [4.69, 9.17) is 5.11 Å². The second-order valence-corrected chi connectivity index (χ2v) is 5.37. The standard InChI is InChI=1S/C12H19N3O2S/c1-10(11-8-18-9-13-11)15-4-2-3-14(5-6-15)7-12(16)17/h8-10H,2-7H2,1H3,(H,16,17). The summed E-state index contributed by atoms with van der Waals surface area (Å²) in [4.78, 5) is 19.5. The third kappa shape index (κ3) is 3.51. The van der Waals surface area contributed by atoms with Crippen molar-refractivity contribution in [2.75, 3.05) is 32.7 Å². The van der Waals surface area contributed by atoms with Crippen LogP contribution >= 0.6 is 11.3 Å². The molecule has 2 heterocycles. The molecule has 1 aromatic heterocycles. The molecule has 0 spiro atoms. The Morgan fingerprint density at radius 3 is 3.00 bits per heavy atom. The van der Waals surface area contributed by atoms with Crippen molar-refractivity contribution in [3.8, 4) is 0 Å². The summed E-state index contributed by atoms with van der Waals surface area (Å²) in [6.45, 7) is 5.93. The van der Waals surface area contributed by atoms with Crippen molar-refractivity contribution in [3.05, 3.63) is 16.6 Å². The molecule has 1 unspecified atom stereocenters. The molecule has 0 aromatic carbocycles. The zero-order valence-electron chi connectivity index (χ0n) is 10.6. The number of thiazole rings is 1. The number of nitrogens with zero attached hydrogens (tertiary/aromatic N) is 3. The molecule has 1 atom stereocenters. The van der Waals surface area contributed by atoms with Crippen molar-refractivity contribution in [3.63, 3.8) is 0 Å². The molecule has 0 aliphatic carbocycles. The van der Waals surface area contributed by atoms with Gasteiger partial charge in [0.05, 0.1) is 23.8 Å². The molecule has 1 fully saturated rings. The minimum atomic E-state index is -0.740. The lowest BCUT2D eigenvalue weighted by Gasteiger charge is -2.26. The van der Waals surface area contributed by atoms with Crippen molar-refractivity contribution < 1.29 is 9.90 Å². The molecule has 18 heavy (non-hydrogen) atoms. The highest BCUT2D eigenvalue weighted by Gasteiger charge is 2.21. The van der Waals surface area contributed by atoms with Gasteiger partial charge in [0.25, 0.3) is 0 Å². The maximum absolute atomic E-state index is 10.7. The van der Waals surface area contributed by atoms with E-state index in [9.17, 15) is 4.79 Å². The van der Waals surface area contributed by atoms with E-state index in [1.807, 2.05) is 10.4 Å². The fraction of sp³-hybridized carbons (Fsp3) is 0.667. The summed E-state index contributed by atoms with van der Waals surface area (Å²) in [7, 11) is 0. The van der Waals surface area contributed by atoms with E-state index in [0.29, 0.717) is 6.04 Å². The molecule has 1 N–H and O–H groups in total. The van der Waals surface area contributed by atoms with E-state index in [0.717, 1.165) is 38.3 Å². The lowest BCUT2D eigenvalue weighted by molar-refractivity contribution is -0.138. The van der Waals surface area contributed by atoms with Crippen molar-refractivity contribution in [1.82, 2.24) is 14.8 Å². The average molecular weight is 269 g/mol. The summed E-state index contributed by atoms with van der Waals surface area (Å²) in [5.41, 5.74) is 2.98. The zero-order chi connectivity index (χ0) is 13.0. The van der Waals surface area contributed by atoms with Gasteiger partial charge in [-0.05, 0) is 13.3 Å². The van der Waals surface area contributed by atoms with Gasteiger partial charge in [0.15, 0.2) is 0 Å². The number of hydrogen-bond donors (Lipinski definition) is 1. The molecule has 0 radical (unpaired) electrons. The van der Waals surface area contributed by atoms with Crippen molar-refractivity contribution in [2.24, 2.45) is 0 Å². The Morgan fingerprint density at radius 1 is 1.50 bits per heavy atom. The third-order valence-electron chi connectivity index (χ3n) is 3.41. The molecule has 6 heteroatoms. The van der Waals surface area contributed by atoms with Crippen LogP contribution in [0.5, 0.6) is 0 Å². The van der Waals surface area contributed by atoms with Gasteiger partial charge in [-0.25, -0.2) is 4.98 Å². The number of aromatic nitrogens is 1. The van der Waals surface area contributed by atoms with E-state index >= 15 is 0 Å². The van der Waals surface area contributed by atoms with Crippen LogP contribution in [-0.2, 0) is 4.79 Å². The third-order valence-corrected chi connectivity index (χ3v) is 4.01. The fourth-order valence-corrected chi connectivity index (χ4v) is 2.98. The Morgan fingerprint density at radius 2 is 2.33 bits per heavy atom. The van der Waals surface area contributed by atoms with Gasteiger partial charge in [0.2, 0.25) is 0 Å². The first-order valence-electron chi connectivity index (χ1n) is 6.23. The van der Waals surface area contributed by atoms with Gasteiger partial charge >= 0.3 is 5.97 Å². The summed E-state index contributed by atoms with van der Waals surface area (Å²) in [5.74, 6) is -0.740. The fourth-order valence-electron chi connectivity index (χ4n) is 2.34. The zero-order valence-corrected chi connectivity index (χ0v) is 11.4. The first-order chi connectivity index (χ1) is 8.66. The minimum Gasteiger partial charge on any atom is -0.480 e. The highest BCUT2D eigenvalue weighted by molar-refractivity contribution is 7.07. The second kappa shape index (κ2) is 6.26. The van der Waals surface area contributed by atoms with Crippen LogP contribution in [0.3, 0.4) is 0 Å². The normalized spacial score (nSPS) is 20.5. The van der Waals surface area contributed by atoms with E-state index in [2.05, 4.69) is 22.2 Å². The summed E-state index contributed by atoms with van der Waals surface area (Å²) < 4.78 is 0. The highest BCUT2D eigenvalue weighted by Crippen LogP contribution is 2.21. The Bertz CT molecular complexity index is 383. The maximum Gasteiger partial charge on any atom is 0.317 e. The summed E-state index contributed by atoms with van der Waals surface area (Å²) in [5, 5.41) is 10.9. The lowest BCUT2D eigenvalue weighted by atomic mass is 10.2. The number of carboxylic acids is 1. The smallest absolute Gasteiger partial charge is 0.317 e. The minimum absolute atomic E-state index is 0.152. The van der Waals surface area contributed by atoms with E-state index in [1.54, 1.807) is 11.3 Å². The van der Waals surface area contributed by atoms with Crippen LogP contribution in [0.1, 0.15) is 25.1 Å². The molecule has 1 aliphatic rings. The summed E-state index contributed by atoms with van der Waals surface area (Å²) in [6, 6.07) is 0.320. The number of carbonyl (C=O) groups is 1. The van der Waals surface area contributed by atoms with Crippen LogP contribution in [0.2, 0.25) is 0 Å². The average Bonchev–Trinajstić information content (AvgIpc) is 2.76. The van der Waals surface area contributed by atoms with Gasteiger partial charge in [-0.3, -0.25) is 14.6 Å². The monoisotopic (exact) mass is 269 g/mol. The largest absolute Gasteiger partial charge is 0.480 e. The quantitative estimate of drug-likeness (QED) is 0.893. The number of carboxylic acid groups (broad SMARTS) is 1. The van der Waals surface area contributed by atoms with Gasteiger partial charge in [-0.15, -0.1) is 11.3 Å². The number of hydrogen-bond acceptors (Lipinski definition) is 5. The van der Waals surface area contributed by atoms with Crippen LogP contribution in [0, 0.1) is 0 Å². The van der Waals surface area contributed by atoms with E-state index in [1.165, 1.54) is 0 Å². The molecule has 1 aliphatic heterocycles. The summed E-state index contributed by atoms with van der Waals surface area (Å²) >= 11 is 1.62. The van der Waals surface area contributed by atoms with Crippen molar-refractivity contribution >= 4 is 17.3 Å². The van der Waals surface area contributed by atoms with Gasteiger partial charge in [-0.2, -0.15) is 0 Å². The molecule has 2 rings (SSSR count). The lowest BCUT2D eigenvalue weighted by Crippen LogP contribution is -2.35. The number of aliphatic carboxylic acids is 1. The molecule has 0 saturated carbocycles. The maximum atomic E-state index is 10.7. The van der Waals surface area contributed by atoms with Crippen LogP contribution < -0.4 is 0 Å². The van der Waals surface area contributed by atoms with E-state index < -0.39 is 5.97 Å². The topological polar surface area (TPSA) is 56.7 Å². The predicted octanol–water partition coefficient (Wildman–Crippen LogP) is 1.30. The van der Waals surface area contributed by atoms with Crippen molar-refractivity contribution in [1.29, 1.82) is 0 Å². The Kier molecular flexibility index (Phi) is 4.68. The molecular weight excluding hydrogens is 250 g/mol. The van der Waals surface area contributed by atoms with Gasteiger partial charge in [-0.1, -0.05) is 0 Å². The molecule has 1 saturated heterocycles. The molecule has 0 amide bonds. The molecule has 1 aromatic rings. The van der Waals surface area contributed by atoms with Gasteiger partial charge < -0.3 is 5.11 Å². The Hall–Kier alpha value is -0.980. The van der Waals surface area contributed by atoms with Gasteiger partial charge in [0, 0.05) is 31.6 Å². The van der Waals surface area contributed by atoms with Crippen molar-refractivity contribution in [2.45, 2.75) is 19.4 Å². The van der Waals surface area contributed by atoms with E-state index in [-0.39, 0.29) is 6.54 Å². The van der Waals surface area contributed by atoms with Crippen LogP contribution in [0.15, 0.2) is 10.9 Å². The molecule has 0 bridgehead atoms. The molecule has 5 nitrogen and oxygen atoms in total. The first kappa shape index (κ1) is 13.5. The van der Waals surface area contributed by atoms with Crippen LogP contribution in [-0.4, -0.2) is 58.6 Å². The van der Waals surface area contributed by atoms with Gasteiger partial charge in [0.1, 0.15) is 0 Å². The molecular formula is C12H19N3O2S. The highest BCUT2D eigenvalue weighted by atomic mass is 32.1. The Labute approximate surface area is 111 Å². The van der Waals surface area contributed by atoms with Crippen LogP contribution in [0.25, 0.3) is 0 Å². The Balaban J connectivity index is 1.90. The van der Waals surface area contributed by atoms with Crippen LogP contribution in [0.4, 0.5) is 0 Å². The number of rotatable bonds is 4.